The molecule has 2 rings (SSSR count). The summed E-state index contributed by atoms with van der Waals surface area (Å²) in [4.78, 5) is 0. The molecule has 1 N–H and O–H groups in total. The van der Waals surface area contributed by atoms with Crippen LogP contribution in [0.4, 0.5) is 0 Å². The standard InChI is InChI=1S/C27H40O/c1-3-5-7-9-11-16-23-18-15-19-24(22-25-17-13-14-21-27(25)28)26(23)20-12-10-8-6-4-2/h13-15,17-19,21,28H,3-12,16,20,22H2,1-2H3. The van der Waals surface area contributed by atoms with E-state index in [0.29, 0.717) is 5.75 Å². The molecule has 0 aliphatic rings. The fourth-order valence-electron chi connectivity index (χ4n) is 4.10. The molecule has 0 radical (unpaired) electrons. The number of hydrogen-bond acceptors (Lipinski definition) is 1. The van der Waals surface area contributed by atoms with Crippen molar-refractivity contribution in [2.45, 2.75) is 97.3 Å². The lowest BCUT2D eigenvalue weighted by atomic mass is 9.89. The molecule has 154 valence electrons. The van der Waals surface area contributed by atoms with Crippen molar-refractivity contribution in [3.63, 3.8) is 0 Å². The molecule has 0 aliphatic heterocycles. The summed E-state index contributed by atoms with van der Waals surface area (Å²) in [5.74, 6) is 0.418. The van der Waals surface area contributed by atoms with E-state index >= 15 is 0 Å². The van der Waals surface area contributed by atoms with Gasteiger partial charge in [0, 0.05) is 6.42 Å². The summed E-state index contributed by atoms with van der Waals surface area (Å²) in [6.07, 6.45) is 16.5. The van der Waals surface area contributed by atoms with Crippen LogP contribution in [0.25, 0.3) is 0 Å². The number of rotatable bonds is 14. The van der Waals surface area contributed by atoms with E-state index in [1.54, 1.807) is 17.2 Å². The Labute approximate surface area is 173 Å². The van der Waals surface area contributed by atoms with Crippen LogP contribution >= 0.6 is 0 Å². The smallest absolute Gasteiger partial charge is 0.119 e. The van der Waals surface area contributed by atoms with Gasteiger partial charge in [-0.2, -0.15) is 0 Å². The normalized spacial score (nSPS) is 11.1. The Morgan fingerprint density at radius 1 is 0.571 bits per heavy atom. The topological polar surface area (TPSA) is 20.2 Å². The monoisotopic (exact) mass is 380 g/mol. The zero-order valence-electron chi connectivity index (χ0n) is 18.2. The number of aryl methyl sites for hydroxylation is 1. The van der Waals surface area contributed by atoms with E-state index in [2.05, 4.69) is 38.1 Å². The number of hydrogen-bond donors (Lipinski definition) is 1. The van der Waals surface area contributed by atoms with Crippen molar-refractivity contribution in [2.24, 2.45) is 0 Å². The molecule has 28 heavy (non-hydrogen) atoms. The van der Waals surface area contributed by atoms with Crippen LogP contribution in [0.1, 0.15) is 100 Å². The first kappa shape index (κ1) is 22.5. The molecule has 0 unspecified atom stereocenters. The van der Waals surface area contributed by atoms with Gasteiger partial charge in [0.1, 0.15) is 5.75 Å². The molecular weight excluding hydrogens is 340 g/mol. The van der Waals surface area contributed by atoms with Crippen LogP contribution < -0.4 is 0 Å². The predicted octanol–water partition coefficient (Wildman–Crippen LogP) is 8.01. The second kappa shape index (κ2) is 13.4. The zero-order valence-corrected chi connectivity index (χ0v) is 18.2. The van der Waals surface area contributed by atoms with Gasteiger partial charge in [0.05, 0.1) is 0 Å². The number of unbranched alkanes of at least 4 members (excludes halogenated alkanes) is 8. The van der Waals surface area contributed by atoms with Gasteiger partial charge in [-0.15, -0.1) is 0 Å². The molecule has 0 bridgehead atoms. The van der Waals surface area contributed by atoms with Crippen molar-refractivity contribution in [1.82, 2.24) is 0 Å². The predicted molar refractivity (Wildman–Crippen MR) is 122 cm³/mol. The fourth-order valence-corrected chi connectivity index (χ4v) is 4.10. The van der Waals surface area contributed by atoms with E-state index in [1.807, 2.05) is 12.1 Å². The number of benzene rings is 2. The minimum atomic E-state index is 0.418. The Balaban J connectivity index is 2.10. The Morgan fingerprint density at radius 2 is 1.14 bits per heavy atom. The Hall–Kier alpha value is -1.76. The molecule has 2 aromatic carbocycles. The lowest BCUT2D eigenvalue weighted by Crippen LogP contribution is -2.02. The molecule has 0 spiro atoms. The van der Waals surface area contributed by atoms with Gasteiger partial charge in [-0.25, -0.2) is 0 Å². The lowest BCUT2D eigenvalue weighted by molar-refractivity contribution is 0.469. The van der Waals surface area contributed by atoms with Gasteiger partial charge in [-0.05, 0) is 54.0 Å². The summed E-state index contributed by atoms with van der Waals surface area (Å²) in [7, 11) is 0. The first-order valence-corrected chi connectivity index (χ1v) is 11.6. The number of phenols is 1. The molecule has 0 fully saturated rings. The molecule has 0 aromatic heterocycles. The fraction of sp³-hybridized carbons (Fsp3) is 0.556. The SMILES string of the molecule is CCCCCCCc1cccc(Cc2ccccc2O)c1CCCCCCC. The summed E-state index contributed by atoms with van der Waals surface area (Å²) >= 11 is 0. The first-order chi connectivity index (χ1) is 13.8. The highest BCUT2D eigenvalue weighted by Gasteiger charge is 2.11. The van der Waals surface area contributed by atoms with Crippen LogP contribution in [0, 0.1) is 0 Å². The number of para-hydroxylation sites is 1. The molecule has 0 atom stereocenters. The summed E-state index contributed by atoms with van der Waals surface area (Å²) in [5.41, 5.74) is 5.54. The van der Waals surface area contributed by atoms with Gasteiger partial charge in [-0.3, -0.25) is 0 Å². The molecule has 0 saturated carbocycles. The number of aromatic hydroxyl groups is 1. The minimum Gasteiger partial charge on any atom is -0.508 e. The van der Waals surface area contributed by atoms with Gasteiger partial charge in [0.15, 0.2) is 0 Å². The molecule has 2 aromatic rings. The van der Waals surface area contributed by atoms with Crippen LogP contribution in [-0.2, 0) is 19.3 Å². The van der Waals surface area contributed by atoms with Crippen molar-refractivity contribution in [1.29, 1.82) is 0 Å². The van der Waals surface area contributed by atoms with E-state index in [1.165, 1.54) is 82.6 Å². The second-order valence-corrected chi connectivity index (χ2v) is 8.19. The van der Waals surface area contributed by atoms with Crippen LogP contribution in [0.5, 0.6) is 5.75 Å². The molecular formula is C27H40O. The maximum atomic E-state index is 10.2. The van der Waals surface area contributed by atoms with Gasteiger partial charge in [-0.1, -0.05) is 102 Å². The van der Waals surface area contributed by atoms with Crippen LogP contribution in [-0.4, -0.2) is 5.11 Å². The van der Waals surface area contributed by atoms with E-state index in [-0.39, 0.29) is 0 Å². The van der Waals surface area contributed by atoms with Crippen molar-refractivity contribution in [3.8, 4) is 5.75 Å². The van der Waals surface area contributed by atoms with Crippen LogP contribution in [0.2, 0.25) is 0 Å². The maximum Gasteiger partial charge on any atom is 0.119 e. The van der Waals surface area contributed by atoms with Crippen molar-refractivity contribution in [2.75, 3.05) is 0 Å². The van der Waals surface area contributed by atoms with E-state index < -0.39 is 0 Å². The Morgan fingerprint density at radius 3 is 1.82 bits per heavy atom. The van der Waals surface area contributed by atoms with E-state index in [4.69, 9.17) is 0 Å². The highest BCUT2D eigenvalue weighted by Crippen LogP contribution is 2.26. The Bertz CT molecular complexity index is 674. The molecule has 1 nitrogen and oxygen atoms in total. The summed E-state index contributed by atoms with van der Waals surface area (Å²) in [6, 6.07) is 14.6. The molecule has 0 aliphatic carbocycles. The highest BCUT2D eigenvalue weighted by molar-refractivity contribution is 5.42. The molecule has 0 amide bonds. The third-order valence-corrected chi connectivity index (χ3v) is 5.82. The van der Waals surface area contributed by atoms with Crippen molar-refractivity contribution in [3.05, 3.63) is 64.7 Å². The van der Waals surface area contributed by atoms with Crippen molar-refractivity contribution >= 4 is 0 Å². The molecule has 1 heteroatoms. The summed E-state index contributed by atoms with van der Waals surface area (Å²) < 4.78 is 0. The van der Waals surface area contributed by atoms with Gasteiger partial charge < -0.3 is 5.11 Å². The van der Waals surface area contributed by atoms with Gasteiger partial charge in [0.2, 0.25) is 0 Å². The second-order valence-electron chi connectivity index (χ2n) is 8.19. The molecule has 0 heterocycles. The lowest BCUT2D eigenvalue weighted by Gasteiger charge is -2.16. The quantitative estimate of drug-likeness (QED) is 0.329. The average molecular weight is 381 g/mol. The summed E-state index contributed by atoms with van der Waals surface area (Å²) in [6.45, 7) is 4.55. The average Bonchev–Trinajstić information content (AvgIpc) is 2.71. The third-order valence-electron chi connectivity index (χ3n) is 5.82. The largest absolute Gasteiger partial charge is 0.508 e. The molecule has 0 saturated heterocycles. The van der Waals surface area contributed by atoms with Gasteiger partial charge in [0.25, 0.3) is 0 Å². The highest BCUT2D eigenvalue weighted by atomic mass is 16.3. The Kier molecular flexibility index (Phi) is 10.8. The minimum absolute atomic E-state index is 0.418. The van der Waals surface area contributed by atoms with Crippen LogP contribution in [0.15, 0.2) is 42.5 Å². The summed E-state index contributed by atoms with van der Waals surface area (Å²) in [5, 5.41) is 10.2. The number of phenolic OH excluding ortho intramolecular Hbond substituents is 1. The maximum absolute atomic E-state index is 10.2. The van der Waals surface area contributed by atoms with E-state index in [0.717, 1.165) is 12.0 Å². The van der Waals surface area contributed by atoms with Crippen molar-refractivity contribution < 1.29 is 5.11 Å². The first-order valence-electron chi connectivity index (χ1n) is 11.6. The van der Waals surface area contributed by atoms with E-state index in [9.17, 15) is 5.11 Å². The third kappa shape index (κ3) is 7.70. The van der Waals surface area contributed by atoms with Crippen LogP contribution in [0.3, 0.4) is 0 Å². The zero-order chi connectivity index (χ0) is 20.0. The van der Waals surface area contributed by atoms with Gasteiger partial charge >= 0.3 is 0 Å².